The highest BCUT2D eigenvalue weighted by Gasteiger charge is 2.06. The van der Waals surface area contributed by atoms with Gasteiger partial charge in [0.15, 0.2) is 5.15 Å². The van der Waals surface area contributed by atoms with Crippen LogP contribution in [0.25, 0.3) is 5.52 Å². The molecule has 4 heteroatoms. The Kier molecular flexibility index (Phi) is 3.25. The van der Waals surface area contributed by atoms with E-state index in [0.29, 0.717) is 5.15 Å². The minimum Gasteiger partial charge on any atom is -0.299 e. The first-order valence-electron chi connectivity index (χ1n) is 5.35. The zero-order valence-corrected chi connectivity index (χ0v) is 10.0. The Labute approximate surface area is 99.8 Å². The van der Waals surface area contributed by atoms with Crippen LogP contribution in [0.3, 0.4) is 0 Å². The average Bonchev–Trinajstić information content (AvgIpc) is 2.70. The molecule has 0 aliphatic carbocycles. The molecule has 0 aliphatic heterocycles. The lowest BCUT2D eigenvalue weighted by atomic mass is 10.1. The van der Waals surface area contributed by atoms with Gasteiger partial charge in [-0.25, -0.2) is 9.97 Å². The van der Waals surface area contributed by atoms with Gasteiger partial charge in [0.05, 0.1) is 6.20 Å². The molecule has 0 amide bonds. The van der Waals surface area contributed by atoms with Crippen LogP contribution in [0.15, 0.2) is 30.7 Å². The molecule has 3 nitrogen and oxygen atoms in total. The predicted molar refractivity (Wildman–Crippen MR) is 65.7 cm³/mol. The van der Waals surface area contributed by atoms with Crippen molar-refractivity contribution in [3.8, 4) is 0 Å². The third kappa shape index (κ3) is 2.09. The van der Waals surface area contributed by atoms with Gasteiger partial charge in [-0.15, -0.1) is 0 Å². The number of hydrogen-bond donors (Lipinski definition) is 0. The lowest BCUT2D eigenvalue weighted by Gasteiger charge is -2.02. The van der Waals surface area contributed by atoms with Gasteiger partial charge < -0.3 is 0 Å². The molecule has 0 fully saturated rings. The van der Waals surface area contributed by atoms with Crippen LogP contribution in [0.4, 0.5) is 0 Å². The van der Waals surface area contributed by atoms with Crippen LogP contribution < -0.4 is 0 Å². The van der Waals surface area contributed by atoms with Gasteiger partial charge in [0, 0.05) is 18.8 Å². The lowest BCUT2D eigenvalue weighted by Crippen LogP contribution is -1.96. The van der Waals surface area contributed by atoms with Gasteiger partial charge in [-0.1, -0.05) is 30.7 Å². The summed E-state index contributed by atoms with van der Waals surface area (Å²) >= 11 is 5.97. The van der Waals surface area contributed by atoms with Crippen molar-refractivity contribution in [2.24, 2.45) is 0 Å². The van der Waals surface area contributed by atoms with Crippen LogP contribution in [0.1, 0.15) is 25.6 Å². The number of imidazole rings is 1. The molecule has 0 unspecified atom stereocenters. The summed E-state index contributed by atoms with van der Waals surface area (Å²) in [5.74, 6) is 1.01. The highest BCUT2D eigenvalue weighted by atomic mass is 35.5. The summed E-state index contributed by atoms with van der Waals surface area (Å²) in [6, 6.07) is 0. The standard InChI is InChI=1S/C12H14ClN3/c1-3-9(2)4-5-11-15-8-10-12(13)14-6-7-16(10)11/h6-8H,2-5H2,1H3. The normalized spacial score (nSPS) is 10.9. The van der Waals surface area contributed by atoms with E-state index in [1.807, 2.05) is 10.6 Å². The van der Waals surface area contributed by atoms with Crippen molar-refractivity contribution in [3.63, 3.8) is 0 Å². The summed E-state index contributed by atoms with van der Waals surface area (Å²) in [5, 5.41) is 0.496. The van der Waals surface area contributed by atoms with Gasteiger partial charge >= 0.3 is 0 Å². The largest absolute Gasteiger partial charge is 0.299 e. The van der Waals surface area contributed by atoms with E-state index in [0.717, 1.165) is 30.6 Å². The van der Waals surface area contributed by atoms with E-state index in [1.54, 1.807) is 12.4 Å². The van der Waals surface area contributed by atoms with Crippen LogP contribution in [0, 0.1) is 0 Å². The molecule has 0 atom stereocenters. The van der Waals surface area contributed by atoms with Crippen molar-refractivity contribution in [2.45, 2.75) is 26.2 Å². The topological polar surface area (TPSA) is 30.2 Å². The monoisotopic (exact) mass is 235 g/mol. The van der Waals surface area contributed by atoms with Crippen LogP contribution >= 0.6 is 11.6 Å². The number of allylic oxidation sites excluding steroid dienone is 1. The van der Waals surface area contributed by atoms with E-state index < -0.39 is 0 Å². The minimum atomic E-state index is 0.496. The fourth-order valence-electron chi connectivity index (χ4n) is 1.60. The SMILES string of the molecule is C=C(CC)CCc1ncc2c(Cl)nccn12. The molecular formula is C12H14ClN3. The lowest BCUT2D eigenvalue weighted by molar-refractivity contribution is 0.820. The first kappa shape index (κ1) is 11.1. The molecule has 2 heterocycles. The fourth-order valence-corrected chi connectivity index (χ4v) is 1.80. The number of aromatic nitrogens is 3. The molecule has 0 aromatic carbocycles. The second-order valence-electron chi connectivity index (χ2n) is 3.75. The summed E-state index contributed by atoms with van der Waals surface area (Å²) in [6.45, 7) is 6.11. The first-order chi connectivity index (χ1) is 7.72. The number of nitrogens with zero attached hydrogens (tertiary/aromatic N) is 3. The number of halogens is 1. The highest BCUT2D eigenvalue weighted by Crippen LogP contribution is 2.17. The van der Waals surface area contributed by atoms with Crippen molar-refractivity contribution in [2.75, 3.05) is 0 Å². The molecule has 2 aromatic rings. The third-order valence-corrected chi connectivity index (χ3v) is 2.98. The molecule has 84 valence electrons. The number of rotatable bonds is 4. The summed E-state index contributed by atoms with van der Waals surface area (Å²) in [7, 11) is 0. The molecular weight excluding hydrogens is 222 g/mol. The molecule has 0 saturated carbocycles. The molecule has 0 aliphatic rings. The maximum absolute atomic E-state index is 5.97. The highest BCUT2D eigenvalue weighted by molar-refractivity contribution is 6.32. The molecule has 16 heavy (non-hydrogen) atoms. The van der Waals surface area contributed by atoms with E-state index in [2.05, 4.69) is 23.5 Å². The zero-order chi connectivity index (χ0) is 11.5. The van der Waals surface area contributed by atoms with E-state index in [9.17, 15) is 0 Å². The number of aryl methyl sites for hydroxylation is 1. The van der Waals surface area contributed by atoms with Gasteiger partial charge in [0.25, 0.3) is 0 Å². The van der Waals surface area contributed by atoms with Gasteiger partial charge in [-0.2, -0.15) is 0 Å². The van der Waals surface area contributed by atoms with Crippen molar-refractivity contribution >= 4 is 17.1 Å². The Hall–Kier alpha value is -1.35. The number of hydrogen-bond acceptors (Lipinski definition) is 2. The van der Waals surface area contributed by atoms with Crippen LogP contribution in [0.2, 0.25) is 5.15 Å². The van der Waals surface area contributed by atoms with Crippen molar-refractivity contribution in [3.05, 3.63) is 41.7 Å². The average molecular weight is 236 g/mol. The molecule has 0 spiro atoms. The van der Waals surface area contributed by atoms with Gasteiger partial charge in [0.1, 0.15) is 11.3 Å². The molecule has 0 N–H and O–H groups in total. The molecule has 0 bridgehead atoms. The van der Waals surface area contributed by atoms with Crippen molar-refractivity contribution < 1.29 is 0 Å². The molecule has 0 saturated heterocycles. The summed E-state index contributed by atoms with van der Waals surface area (Å²) in [4.78, 5) is 8.38. The molecule has 2 rings (SSSR count). The first-order valence-corrected chi connectivity index (χ1v) is 5.73. The predicted octanol–water partition coefficient (Wildman–Crippen LogP) is 3.28. The Balaban J connectivity index is 2.25. The maximum Gasteiger partial charge on any atom is 0.154 e. The molecule has 2 aromatic heterocycles. The van der Waals surface area contributed by atoms with E-state index in [1.165, 1.54) is 5.57 Å². The van der Waals surface area contributed by atoms with Gasteiger partial charge in [0.2, 0.25) is 0 Å². The van der Waals surface area contributed by atoms with Crippen molar-refractivity contribution in [1.82, 2.24) is 14.4 Å². The smallest absolute Gasteiger partial charge is 0.154 e. The van der Waals surface area contributed by atoms with Crippen molar-refractivity contribution in [1.29, 1.82) is 0 Å². The van der Waals surface area contributed by atoms with Crippen LogP contribution in [-0.4, -0.2) is 14.4 Å². The fraction of sp³-hybridized carbons (Fsp3) is 0.333. The Morgan fingerprint density at radius 2 is 2.31 bits per heavy atom. The van der Waals surface area contributed by atoms with Gasteiger partial charge in [-0.05, 0) is 12.8 Å². The van der Waals surface area contributed by atoms with Crippen LogP contribution in [0.5, 0.6) is 0 Å². The summed E-state index contributed by atoms with van der Waals surface area (Å²) in [6.07, 6.45) is 8.22. The van der Waals surface area contributed by atoms with Gasteiger partial charge in [-0.3, -0.25) is 4.40 Å². The summed E-state index contributed by atoms with van der Waals surface area (Å²) in [5.41, 5.74) is 2.11. The maximum atomic E-state index is 5.97. The Morgan fingerprint density at radius 3 is 3.06 bits per heavy atom. The van der Waals surface area contributed by atoms with Crippen LogP contribution in [-0.2, 0) is 6.42 Å². The van der Waals surface area contributed by atoms with E-state index in [4.69, 9.17) is 11.6 Å². The number of fused-ring (bicyclic) bond motifs is 1. The Bertz CT molecular complexity index is 516. The second-order valence-corrected chi connectivity index (χ2v) is 4.11. The van der Waals surface area contributed by atoms with E-state index in [-0.39, 0.29) is 0 Å². The zero-order valence-electron chi connectivity index (χ0n) is 9.28. The second kappa shape index (κ2) is 4.66. The summed E-state index contributed by atoms with van der Waals surface area (Å²) < 4.78 is 1.98. The minimum absolute atomic E-state index is 0.496. The molecule has 0 radical (unpaired) electrons. The quantitative estimate of drug-likeness (QED) is 0.762. The van der Waals surface area contributed by atoms with E-state index >= 15 is 0 Å². The Morgan fingerprint density at radius 1 is 1.50 bits per heavy atom. The third-order valence-electron chi connectivity index (χ3n) is 2.69.